The molecule has 4 aromatic rings. The molecule has 4 aromatic carbocycles. The Bertz CT molecular complexity index is 2070. The second-order valence-electron chi connectivity index (χ2n) is 9.45. The number of fused-ring (bicyclic) bond motifs is 4. The van der Waals surface area contributed by atoms with Crippen LogP contribution in [0.2, 0.25) is 20.1 Å². The van der Waals surface area contributed by atoms with E-state index in [9.17, 15) is 19.2 Å². The molecular formula is C30H12Cl4N4O4. The van der Waals surface area contributed by atoms with E-state index in [1.807, 2.05) is 0 Å². The number of hydrogen-bond donors (Lipinski definition) is 2. The van der Waals surface area contributed by atoms with Crippen LogP contribution in [-0.4, -0.2) is 35.1 Å². The maximum absolute atomic E-state index is 13.9. The van der Waals surface area contributed by atoms with Gasteiger partial charge in [0.2, 0.25) is 0 Å². The van der Waals surface area contributed by atoms with Gasteiger partial charge in [-0.15, -0.1) is 0 Å². The van der Waals surface area contributed by atoms with Crippen LogP contribution in [0.5, 0.6) is 0 Å². The number of rotatable bonds is 2. The van der Waals surface area contributed by atoms with E-state index in [2.05, 4.69) is 20.6 Å². The molecule has 0 unspecified atom stereocenters. The second kappa shape index (κ2) is 9.61. The summed E-state index contributed by atoms with van der Waals surface area (Å²) in [5, 5.41) is 5.78. The maximum Gasteiger partial charge on any atom is 0.281 e. The number of amidine groups is 2. The molecule has 12 heteroatoms. The first-order valence-corrected chi connectivity index (χ1v) is 13.8. The smallest absolute Gasteiger partial charge is 0.281 e. The summed E-state index contributed by atoms with van der Waals surface area (Å²) in [5.41, 5.74) is 2.16. The predicted octanol–water partition coefficient (Wildman–Crippen LogP) is 7.10. The molecule has 8 nitrogen and oxygen atoms in total. The first-order chi connectivity index (χ1) is 20.2. The highest BCUT2D eigenvalue weighted by atomic mass is 35.5. The van der Waals surface area contributed by atoms with E-state index in [1.54, 1.807) is 54.6 Å². The molecule has 42 heavy (non-hydrogen) atoms. The summed E-state index contributed by atoms with van der Waals surface area (Å²) in [5.74, 6) is -1.69. The number of nitrogens with zero attached hydrogens (tertiary/aromatic N) is 2. The molecule has 7 rings (SSSR count). The number of hydrogen-bond acceptors (Lipinski definition) is 6. The lowest BCUT2D eigenvalue weighted by atomic mass is 9.82. The van der Waals surface area contributed by atoms with Gasteiger partial charge in [-0.3, -0.25) is 19.2 Å². The monoisotopic (exact) mass is 632 g/mol. The molecule has 2 aliphatic heterocycles. The molecule has 0 saturated carbocycles. The maximum atomic E-state index is 13.9. The van der Waals surface area contributed by atoms with Gasteiger partial charge in [-0.05, 0) is 18.2 Å². The summed E-state index contributed by atoms with van der Waals surface area (Å²) in [6.07, 6.45) is 0. The van der Waals surface area contributed by atoms with E-state index in [0.717, 1.165) is 0 Å². The lowest BCUT2D eigenvalue weighted by molar-refractivity contribution is 0.0980. The highest BCUT2D eigenvalue weighted by molar-refractivity contribution is 6.55. The van der Waals surface area contributed by atoms with E-state index in [1.165, 1.54) is 6.07 Å². The molecule has 0 saturated heterocycles. The van der Waals surface area contributed by atoms with Gasteiger partial charge in [-0.25, -0.2) is 0 Å². The van der Waals surface area contributed by atoms with Gasteiger partial charge in [0.1, 0.15) is 11.7 Å². The molecule has 0 atom stereocenters. The first kappa shape index (κ1) is 26.6. The molecule has 0 bridgehead atoms. The van der Waals surface area contributed by atoms with Crippen LogP contribution in [0, 0.1) is 0 Å². The van der Waals surface area contributed by atoms with Gasteiger partial charge in [-0.1, -0.05) is 88.9 Å². The summed E-state index contributed by atoms with van der Waals surface area (Å²) in [6, 6.07) is 16.4. The summed E-state index contributed by atoms with van der Waals surface area (Å²) in [6.45, 7) is 0. The topological polar surface area (TPSA) is 117 Å². The van der Waals surface area contributed by atoms with Crippen LogP contribution in [0.3, 0.4) is 0 Å². The third kappa shape index (κ3) is 3.77. The highest BCUT2D eigenvalue weighted by Gasteiger charge is 2.37. The Morgan fingerprint density at radius 1 is 0.452 bits per heavy atom. The lowest BCUT2D eigenvalue weighted by Crippen LogP contribution is -2.26. The van der Waals surface area contributed by atoms with Crippen molar-refractivity contribution in [3.8, 4) is 0 Å². The Hall–Kier alpha value is -4.34. The van der Waals surface area contributed by atoms with E-state index in [-0.39, 0.29) is 70.8 Å². The van der Waals surface area contributed by atoms with Crippen molar-refractivity contribution in [1.29, 1.82) is 0 Å². The van der Waals surface area contributed by atoms with Crippen molar-refractivity contribution >= 4 is 92.8 Å². The fraction of sp³-hybridized carbons (Fsp3) is 0. The molecular weight excluding hydrogens is 622 g/mol. The Morgan fingerprint density at radius 3 is 1.52 bits per heavy atom. The van der Waals surface area contributed by atoms with Crippen LogP contribution in [-0.2, 0) is 0 Å². The summed E-state index contributed by atoms with van der Waals surface area (Å²) >= 11 is 25.1. The molecule has 0 spiro atoms. The average Bonchev–Trinajstić information content (AvgIpc) is 3.49. The molecule has 0 radical (unpaired) electrons. The third-order valence-electron chi connectivity index (χ3n) is 7.14. The number of benzene rings is 4. The molecule has 2 amide bonds. The van der Waals surface area contributed by atoms with E-state index in [0.29, 0.717) is 16.8 Å². The molecule has 0 aromatic heterocycles. The Kier molecular flexibility index (Phi) is 6.07. The van der Waals surface area contributed by atoms with Gasteiger partial charge in [0.25, 0.3) is 11.8 Å². The van der Waals surface area contributed by atoms with Gasteiger partial charge in [0, 0.05) is 16.7 Å². The third-order valence-corrected chi connectivity index (χ3v) is 8.94. The van der Waals surface area contributed by atoms with Crippen molar-refractivity contribution in [1.82, 2.24) is 0 Å². The van der Waals surface area contributed by atoms with Crippen LogP contribution in [0.1, 0.15) is 63.7 Å². The van der Waals surface area contributed by atoms with Crippen LogP contribution in [0.15, 0.2) is 70.6 Å². The summed E-state index contributed by atoms with van der Waals surface area (Å²) < 4.78 is 0. The SMILES string of the molecule is O=C1N=C(Nc2cccc3c2C(=O)c2cccc(NC4=NC(=O)c5c(Cl)c(Cl)c(Cl)c(Cl)c54)c2C3=O)c2ccccc21. The number of ketones is 2. The van der Waals surface area contributed by atoms with Crippen molar-refractivity contribution in [2.75, 3.05) is 10.6 Å². The molecule has 204 valence electrons. The number of carbonyl (C=O) groups is 4. The van der Waals surface area contributed by atoms with Gasteiger partial charge in [0.05, 0.1) is 59.3 Å². The number of amides is 2. The second-order valence-corrected chi connectivity index (χ2v) is 11.0. The minimum Gasteiger partial charge on any atom is -0.339 e. The normalized spacial score (nSPS) is 14.7. The number of carbonyl (C=O) groups excluding carboxylic acids is 4. The number of nitrogens with one attached hydrogen (secondary N) is 2. The number of halogens is 4. The standard InChI is InChI=1S/C30H12Cl4N4O4/c31-21-19-20(22(32)24(34)23(21)33)30(42)38-28(19)36-16-10-4-8-14-18(16)26(40)13-7-3-9-15(17(13)25(14)39)35-27-11-5-1-2-6-12(11)29(41)37-27/h1-10H,(H,35,37,41)(H,36,38,42). The number of aliphatic imine (C=N–C) groups is 2. The highest BCUT2D eigenvalue weighted by Crippen LogP contribution is 2.44. The first-order valence-electron chi connectivity index (χ1n) is 12.3. The van der Waals surface area contributed by atoms with E-state index < -0.39 is 23.4 Å². The van der Waals surface area contributed by atoms with Crippen LogP contribution >= 0.6 is 46.4 Å². The summed E-state index contributed by atoms with van der Waals surface area (Å²) in [4.78, 5) is 61.0. The zero-order valence-electron chi connectivity index (χ0n) is 20.8. The van der Waals surface area contributed by atoms with E-state index >= 15 is 0 Å². The molecule has 2 N–H and O–H groups in total. The van der Waals surface area contributed by atoms with E-state index in [4.69, 9.17) is 46.4 Å². The Labute approximate surface area is 257 Å². The van der Waals surface area contributed by atoms with Gasteiger partial charge >= 0.3 is 0 Å². The van der Waals surface area contributed by atoms with Gasteiger partial charge in [0.15, 0.2) is 11.6 Å². The Balaban J connectivity index is 1.29. The predicted molar refractivity (Wildman–Crippen MR) is 162 cm³/mol. The van der Waals surface area contributed by atoms with Gasteiger partial charge in [-0.2, -0.15) is 9.98 Å². The lowest BCUT2D eigenvalue weighted by Gasteiger charge is -2.23. The average molecular weight is 634 g/mol. The van der Waals surface area contributed by atoms with Crippen LogP contribution in [0.4, 0.5) is 11.4 Å². The van der Waals surface area contributed by atoms with Crippen molar-refractivity contribution < 1.29 is 19.2 Å². The van der Waals surface area contributed by atoms with Crippen molar-refractivity contribution in [2.24, 2.45) is 9.98 Å². The quantitative estimate of drug-likeness (QED) is 0.158. The van der Waals surface area contributed by atoms with Crippen molar-refractivity contribution in [3.05, 3.63) is 125 Å². The molecule has 3 aliphatic rings. The minimum absolute atomic E-state index is 0.00194. The molecule has 2 heterocycles. The fourth-order valence-corrected chi connectivity index (χ4v) is 6.28. The molecule has 1 aliphatic carbocycles. The minimum atomic E-state index is -0.693. The van der Waals surface area contributed by atoms with Crippen molar-refractivity contribution in [2.45, 2.75) is 0 Å². The fourth-order valence-electron chi connectivity index (χ4n) is 5.26. The Morgan fingerprint density at radius 2 is 0.929 bits per heavy atom. The zero-order valence-corrected chi connectivity index (χ0v) is 23.8. The largest absolute Gasteiger partial charge is 0.339 e. The number of anilines is 2. The van der Waals surface area contributed by atoms with Gasteiger partial charge < -0.3 is 10.6 Å². The van der Waals surface area contributed by atoms with Crippen LogP contribution < -0.4 is 10.6 Å². The zero-order chi connectivity index (χ0) is 29.4. The summed E-state index contributed by atoms with van der Waals surface area (Å²) in [7, 11) is 0. The van der Waals surface area contributed by atoms with Crippen molar-refractivity contribution in [3.63, 3.8) is 0 Å². The van der Waals surface area contributed by atoms with Crippen LogP contribution in [0.25, 0.3) is 0 Å². The molecule has 0 fully saturated rings.